The first-order valence-electron chi connectivity index (χ1n) is 8.07. The number of halogens is 3. The van der Waals surface area contributed by atoms with E-state index in [4.69, 9.17) is 0 Å². The summed E-state index contributed by atoms with van der Waals surface area (Å²) in [6.07, 6.45) is 1.28. The Morgan fingerprint density at radius 2 is 1.95 bits per heavy atom. The Morgan fingerprint density at radius 1 is 1.27 bits per heavy atom. The first-order valence-corrected chi connectivity index (χ1v) is 8.07. The summed E-state index contributed by atoms with van der Waals surface area (Å²) in [4.78, 5) is 13.2. The second-order valence-electron chi connectivity index (χ2n) is 7.09. The third-order valence-electron chi connectivity index (χ3n) is 4.81. The van der Waals surface area contributed by atoms with Crippen LogP contribution in [0.3, 0.4) is 0 Å². The largest absolute Gasteiger partial charge is 0.401 e. The van der Waals surface area contributed by atoms with Crippen LogP contribution in [0.5, 0.6) is 0 Å². The van der Waals surface area contributed by atoms with Crippen LogP contribution < -0.4 is 10.6 Å². The van der Waals surface area contributed by atoms with E-state index in [-0.39, 0.29) is 17.4 Å². The van der Waals surface area contributed by atoms with Gasteiger partial charge in [0.05, 0.1) is 6.54 Å². The molecule has 0 aromatic heterocycles. The Balaban J connectivity index is 1.61. The van der Waals surface area contributed by atoms with Gasteiger partial charge >= 0.3 is 12.2 Å². The van der Waals surface area contributed by atoms with E-state index >= 15 is 0 Å². The average molecular weight is 321 g/mol. The first-order chi connectivity index (χ1) is 10.3. The topological polar surface area (TPSA) is 44.4 Å². The van der Waals surface area contributed by atoms with Crippen LogP contribution in [0.1, 0.15) is 39.0 Å². The van der Waals surface area contributed by atoms with Gasteiger partial charge in [-0.3, -0.25) is 4.90 Å². The molecule has 1 aliphatic heterocycles. The van der Waals surface area contributed by atoms with Gasteiger partial charge in [0.15, 0.2) is 0 Å². The number of alkyl halides is 3. The molecule has 1 saturated heterocycles. The molecule has 7 heteroatoms. The summed E-state index contributed by atoms with van der Waals surface area (Å²) >= 11 is 0. The molecular formula is C15H26F3N3O. The lowest BCUT2D eigenvalue weighted by molar-refractivity contribution is -0.143. The third kappa shape index (κ3) is 5.66. The summed E-state index contributed by atoms with van der Waals surface area (Å²) in [5, 5.41) is 5.69. The number of nitrogens with one attached hydrogen (secondary N) is 2. The number of hydrogen-bond donors (Lipinski definition) is 2. The van der Waals surface area contributed by atoms with E-state index in [1.807, 2.05) is 0 Å². The predicted molar refractivity (Wildman–Crippen MR) is 78.6 cm³/mol. The summed E-state index contributed by atoms with van der Waals surface area (Å²) in [5.74, 6) is 0.107. The van der Waals surface area contributed by atoms with E-state index in [0.717, 1.165) is 12.8 Å². The molecule has 1 atom stereocenters. The highest BCUT2D eigenvalue weighted by Gasteiger charge is 2.34. The maximum atomic E-state index is 12.3. The van der Waals surface area contributed by atoms with Crippen LogP contribution in [0.2, 0.25) is 0 Å². The Kier molecular flexibility index (Phi) is 5.58. The summed E-state index contributed by atoms with van der Waals surface area (Å²) in [5.41, 5.74) is 0.203. The second kappa shape index (κ2) is 7.06. The lowest BCUT2D eigenvalue weighted by Crippen LogP contribution is -2.43. The molecule has 1 heterocycles. The molecule has 2 N–H and O–H groups in total. The standard InChI is InChI=1S/C15H26F3N3O/c1-14(5-2-3-6-14)10-20-13(22)19-8-12-4-7-21(9-12)11-15(16,17)18/h12H,2-11H2,1H3,(H2,19,20,22). The van der Waals surface area contributed by atoms with Gasteiger partial charge in [0.2, 0.25) is 0 Å². The molecule has 22 heavy (non-hydrogen) atoms. The number of likely N-dealkylation sites (tertiary alicyclic amines) is 1. The minimum absolute atomic E-state index is 0.107. The number of hydrogen-bond acceptors (Lipinski definition) is 2. The van der Waals surface area contributed by atoms with Gasteiger partial charge in [0.25, 0.3) is 0 Å². The van der Waals surface area contributed by atoms with Crippen molar-refractivity contribution < 1.29 is 18.0 Å². The van der Waals surface area contributed by atoms with E-state index < -0.39 is 12.7 Å². The highest BCUT2D eigenvalue weighted by molar-refractivity contribution is 5.73. The molecule has 2 aliphatic rings. The normalized spacial score (nSPS) is 25.4. The fourth-order valence-corrected chi connectivity index (χ4v) is 3.48. The fraction of sp³-hybridized carbons (Fsp3) is 0.933. The van der Waals surface area contributed by atoms with Crippen LogP contribution >= 0.6 is 0 Å². The van der Waals surface area contributed by atoms with E-state index in [9.17, 15) is 18.0 Å². The zero-order valence-corrected chi connectivity index (χ0v) is 13.1. The van der Waals surface area contributed by atoms with Crippen molar-refractivity contribution in [2.24, 2.45) is 11.3 Å². The lowest BCUT2D eigenvalue weighted by atomic mass is 9.89. The van der Waals surface area contributed by atoms with Crippen molar-refractivity contribution in [3.8, 4) is 0 Å². The summed E-state index contributed by atoms with van der Waals surface area (Å²) < 4.78 is 36.9. The van der Waals surface area contributed by atoms with Crippen LogP contribution in [0, 0.1) is 11.3 Å². The third-order valence-corrected chi connectivity index (χ3v) is 4.81. The number of urea groups is 1. The molecule has 2 amide bonds. The predicted octanol–water partition coefficient (Wildman–Crippen LogP) is 2.75. The molecule has 1 aliphatic carbocycles. The number of nitrogens with zero attached hydrogens (tertiary/aromatic N) is 1. The van der Waals surface area contributed by atoms with Crippen LogP contribution in [0.15, 0.2) is 0 Å². The SMILES string of the molecule is CC1(CNC(=O)NCC2CCN(CC(F)(F)F)C2)CCCC1. The van der Waals surface area contributed by atoms with Crippen molar-refractivity contribution >= 4 is 6.03 Å². The van der Waals surface area contributed by atoms with Crippen molar-refractivity contribution in [1.29, 1.82) is 0 Å². The quantitative estimate of drug-likeness (QED) is 0.818. The van der Waals surface area contributed by atoms with Gasteiger partial charge < -0.3 is 10.6 Å². The summed E-state index contributed by atoms with van der Waals surface area (Å²) in [7, 11) is 0. The molecule has 0 bridgehead atoms. The molecule has 1 unspecified atom stereocenters. The minimum Gasteiger partial charge on any atom is -0.338 e. The first kappa shape index (κ1) is 17.4. The van der Waals surface area contributed by atoms with Crippen molar-refractivity contribution in [3.05, 3.63) is 0 Å². The van der Waals surface area contributed by atoms with Crippen LogP contribution in [0.25, 0.3) is 0 Å². The van der Waals surface area contributed by atoms with E-state index in [1.165, 1.54) is 17.7 Å². The summed E-state index contributed by atoms with van der Waals surface area (Å²) in [6, 6.07) is -0.206. The maximum Gasteiger partial charge on any atom is 0.401 e. The lowest BCUT2D eigenvalue weighted by Gasteiger charge is -2.24. The molecule has 2 fully saturated rings. The van der Waals surface area contributed by atoms with Gasteiger partial charge in [-0.25, -0.2) is 4.79 Å². The van der Waals surface area contributed by atoms with Gasteiger partial charge in [-0.05, 0) is 37.1 Å². The number of carbonyl (C=O) groups excluding carboxylic acids is 1. The van der Waals surface area contributed by atoms with Crippen molar-refractivity contribution in [2.75, 3.05) is 32.7 Å². The van der Waals surface area contributed by atoms with Gasteiger partial charge in [-0.15, -0.1) is 0 Å². The van der Waals surface area contributed by atoms with Gasteiger partial charge in [0, 0.05) is 19.6 Å². The molecule has 2 rings (SSSR count). The van der Waals surface area contributed by atoms with Crippen LogP contribution in [-0.2, 0) is 0 Å². The summed E-state index contributed by atoms with van der Waals surface area (Å²) in [6.45, 7) is 3.30. The van der Waals surface area contributed by atoms with E-state index in [2.05, 4.69) is 17.6 Å². The highest BCUT2D eigenvalue weighted by atomic mass is 19.4. The van der Waals surface area contributed by atoms with Crippen molar-refractivity contribution in [1.82, 2.24) is 15.5 Å². The van der Waals surface area contributed by atoms with Crippen molar-refractivity contribution in [3.63, 3.8) is 0 Å². The van der Waals surface area contributed by atoms with Gasteiger partial charge in [-0.2, -0.15) is 13.2 Å². The zero-order valence-electron chi connectivity index (χ0n) is 13.1. The molecule has 0 aromatic carbocycles. The highest BCUT2D eigenvalue weighted by Crippen LogP contribution is 2.36. The number of amides is 2. The smallest absolute Gasteiger partial charge is 0.338 e. The molecule has 0 aromatic rings. The molecule has 4 nitrogen and oxygen atoms in total. The maximum absolute atomic E-state index is 12.3. The molecule has 0 radical (unpaired) electrons. The Hall–Kier alpha value is -0.980. The van der Waals surface area contributed by atoms with Gasteiger partial charge in [0.1, 0.15) is 0 Å². The van der Waals surface area contributed by atoms with Crippen LogP contribution in [0.4, 0.5) is 18.0 Å². The monoisotopic (exact) mass is 321 g/mol. The Morgan fingerprint density at radius 3 is 2.59 bits per heavy atom. The minimum atomic E-state index is -4.14. The average Bonchev–Trinajstić information content (AvgIpc) is 3.02. The van der Waals surface area contributed by atoms with Crippen LogP contribution in [-0.4, -0.2) is 49.8 Å². The zero-order chi connectivity index (χ0) is 16.2. The fourth-order valence-electron chi connectivity index (χ4n) is 3.48. The van der Waals surface area contributed by atoms with E-state index in [0.29, 0.717) is 32.6 Å². The second-order valence-corrected chi connectivity index (χ2v) is 7.09. The Labute approximate surface area is 129 Å². The van der Waals surface area contributed by atoms with Crippen molar-refractivity contribution in [2.45, 2.75) is 45.2 Å². The molecule has 128 valence electrons. The molecular weight excluding hydrogens is 295 g/mol. The number of rotatable bonds is 5. The van der Waals surface area contributed by atoms with Gasteiger partial charge in [-0.1, -0.05) is 19.8 Å². The molecule has 0 spiro atoms. The molecule has 1 saturated carbocycles. The van der Waals surface area contributed by atoms with E-state index in [1.54, 1.807) is 0 Å². The number of carbonyl (C=O) groups is 1. The Bertz CT molecular complexity index is 381.